The first kappa shape index (κ1) is 24.0. The summed E-state index contributed by atoms with van der Waals surface area (Å²) in [6, 6.07) is 17.3. The molecule has 0 saturated carbocycles. The van der Waals surface area contributed by atoms with Crippen LogP contribution >= 0.6 is 0 Å². The number of hydrogen-bond acceptors (Lipinski definition) is 4. The Balaban J connectivity index is 1.60. The van der Waals surface area contributed by atoms with Gasteiger partial charge in [0.25, 0.3) is 0 Å². The van der Waals surface area contributed by atoms with E-state index >= 15 is 0 Å². The van der Waals surface area contributed by atoms with E-state index in [-0.39, 0.29) is 24.5 Å². The van der Waals surface area contributed by atoms with E-state index in [1.807, 2.05) is 86.7 Å². The molecule has 1 heterocycles. The number of benzene rings is 2. The molecule has 0 spiro atoms. The van der Waals surface area contributed by atoms with Crippen LogP contribution in [0, 0.1) is 5.92 Å². The molecule has 2 aromatic carbocycles. The van der Waals surface area contributed by atoms with Crippen molar-refractivity contribution in [3.63, 3.8) is 0 Å². The summed E-state index contributed by atoms with van der Waals surface area (Å²) in [5.74, 6) is -0.795. The minimum atomic E-state index is -0.830. The molecule has 2 N–H and O–H groups in total. The molecule has 0 unspecified atom stereocenters. The van der Waals surface area contributed by atoms with Crippen LogP contribution in [-0.2, 0) is 20.9 Å². The van der Waals surface area contributed by atoms with Crippen molar-refractivity contribution in [3.05, 3.63) is 83.9 Å². The zero-order chi connectivity index (χ0) is 23.8. The molecule has 0 aliphatic carbocycles. The third-order valence-electron chi connectivity index (χ3n) is 5.65. The number of rotatable bonds is 7. The Kier molecular flexibility index (Phi) is 8.24. The molecular weight excluding hydrogens is 418 g/mol. The van der Waals surface area contributed by atoms with Gasteiger partial charge in [0.1, 0.15) is 18.7 Å². The minimum Gasteiger partial charge on any atom is -0.445 e. The number of carbonyl (C=O) groups is 3. The number of likely N-dealkylation sites (N-methyl/N-ethyl adjacent to an activating group) is 1. The predicted octanol–water partition coefficient (Wildman–Crippen LogP) is 3.58. The van der Waals surface area contributed by atoms with Crippen LogP contribution < -0.4 is 10.6 Å². The Morgan fingerprint density at radius 1 is 1.06 bits per heavy atom. The van der Waals surface area contributed by atoms with Crippen LogP contribution in [0.3, 0.4) is 0 Å². The normalized spacial score (nSPS) is 19.0. The zero-order valence-corrected chi connectivity index (χ0v) is 19.2. The lowest BCUT2D eigenvalue weighted by molar-refractivity contribution is -0.136. The van der Waals surface area contributed by atoms with Crippen LogP contribution in [0.5, 0.6) is 0 Å². The molecule has 0 fully saturated rings. The first-order valence-corrected chi connectivity index (χ1v) is 11.1. The third kappa shape index (κ3) is 6.44. The molecule has 0 radical (unpaired) electrons. The van der Waals surface area contributed by atoms with E-state index in [2.05, 4.69) is 10.6 Å². The van der Waals surface area contributed by atoms with Crippen LogP contribution in [0.2, 0.25) is 0 Å². The predicted molar refractivity (Wildman–Crippen MR) is 126 cm³/mol. The Morgan fingerprint density at radius 3 is 2.33 bits per heavy atom. The number of ether oxygens (including phenoxy) is 1. The highest BCUT2D eigenvalue weighted by Crippen LogP contribution is 2.25. The topological polar surface area (TPSA) is 87.7 Å². The summed E-state index contributed by atoms with van der Waals surface area (Å²) in [7, 11) is 1.73. The standard InChI is InChI=1S/C26H31N3O4/c1-18(2)23(28-26(32)33-17-19-11-6-4-7-12-19)24(30)27-21-15-10-16-22(29(3)25(21)31)20-13-8-5-9-14-20/h4-14,16,18,21-23H,15,17H2,1-3H3,(H,27,30)(H,28,32)/t21-,22+,23-/m0/s1. The molecular formula is C26H31N3O4. The highest BCUT2D eigenvalue weighted by molar-refractivity contribution is 5.92. The molecule has 0 bridgehead atoms. The highest BCUT2D eigenvalue weighted by atomic mass is 16.5. The van der Waals surface area contributed by atoms with E-state index in [1.54, 1.807) is 11.9 Å². The lowest BCUT2D eigenvalue weighted by atomic mass is 10.0. The maximum absolute atomic E-state index is 13.1. The Labute approximate surface area is 194 Å². The average Bonchev–Trinajstić information content (AvgIpc) is 2.96. The van der Waals surface area contributed by atoms with Gasteiger partial charge in [-0.05, 0) is 23.5 Å². The van der Waals surface area contributed by atoms with E-state index < -0.39 is 24.1 Å². The van der Waals surface area contributed by atoms with Crippen molar-refractivity contribution < 1.29 is 19.1 Å². The summed E-state index contributed by atoms with van der Waals surface area (Å²) >= 11 is 0. The zero-order valence-electron chi connectivity index (χ0n) is 19.2. The fourth-order valence-corrected chi connectivity index (χ4v) is 3.75. The molecule has 7 heteroatoms. The highest BCUT2D eigenvalue weighted by Gasteiger charge is 2.33. The maximum atomic E-state index is 13.1. The number of nitrogens with zero attached hydrogens (tertiary/aromatic N) is 1. The van der Waals surface area contributed by atoms with Gasteiger partial charge in [-0.3, -0.25) is 9.59 Å². The second-order valence-corrected chi connectivity index (χ2v) is 8.46. The lowest BCUT2D eigenvalue weighted by Gasteiger charge is -2.29. The van der Waals surface area contributed by atoms with Crippen molar-refractivity contribution in [2.75, 3.05) is 7.05 Å². The Bertz CT molecular complexity index is 976. The average molecular weight is 450 g/mol. The molecule has 1 aliphatic rings. The molecule has 1 aliphatic heterocycles. The van der Waals surface area contributed by atoms with Gasteiger partial charge < -0.3 is 20.3 Å². The summed E-state index contributed by atoms with van der Waals surface area (Å²) in [6.45, 7) is 3.76. The molecule has 0 aromatic heterocycles. The number of carbonyl (C=O) groups excluding carboxylic acids is 3. The van der Waals surface area contributed by atoms with Crippen LogP contribution in [0.25, 0.3) is 0 Å². The number of alkyl carbamates (subject to hydrolysis) is 1. The van der Waals surface area contributed by atoms with Gasteiger partial charge in [0.2, 0.25) is 11.8 Å². The van der Waals surface area contributed by atoms with Gasteiger partial charge in [0.05, 0.1) is 6.04 Å². The van der Waals surface area contributed by atoms with Crippen molar-refractivity contribution in [2.24, 2.45) is 5.92 Å². The second-order valence-electron chi connectivity index (χ2n) is 8.46. The van der Waals surface area contributed by atoms with Gasteiger partial charge >= 0.3 is 6.09 Å². The van der Waals surface area contributed by atoms with Crippen LogP contribution in [0.15, 0.2) is 72.8 Å². The van der Waals surface area contributed by atoms with Gasteiger partial charge in [0, 0.05) is 7.05 Å². The molecule has 7 nitrogen and oxygen atoms in total. The molecule has 174 valence electrons. The Morgan fingerprint density at radius 2 is 1.70 bits per heavy atom. The molecule has 0 saturated heterocycles. The summed E-state index contributed by atoms with van der Waals surface area (Å²) < 4.78 is 5.25. The molecule has 2 aromatic rings. The number of amides is 3. The molecule has 3 atom stereocenters. The van der Waals surface area contributed by atoms with Gasteiger partial charge in [-0.15, -0.1) is 0 Å². The summed E-state index contributed by atoms with van der Waals surface area (Å²) in [4.78, 5) is 40.0. The fraction of sp³-hybridized carbons (Fsp3) is 0.346. The Hall–Kier alpha value is -3.61. The first-order chi connectivity index (χ1) is 15.9. The van der Waals surface area contributed by atoms with Crippen molar-refractivity contribution >= 4 is 17.9 Å². The van der Waals surface area contributed by atoms with Crippen molar-refractivity contribution in [2.45, 2.75) is 45.0 Å². The minimum absolute atomic E-state index is 0.108. The van der Waals surface area contributed by atoms with Crippen LogP contribution in [0.4, 0.5) is 4.79 Å². The fourth-order valence-electron chi connectivity index (χ4n) is 3.75. The van der Waals surface area contributed by atoms with E-state index in [1.165, 1.54) is 0 Å². The summed E-state index contributed by atoms with van der Waals surface area (Å²) in [5.41, 5.74) is 1.85. The number of nitrogens with one attached hydrogen (secondary N) is 2. The van der Waals surface area contributed by atoms with Crippen molar-refractivity contribution in [1.29, 1.82) is 0 Å². The SMILES string of the molecule is CC(C)[C@H](NC(=O)OCc1ccccc1)C(=O)N[C@H]1CC=C[C@H](c2ccccc2)N(C)C1=O. The summed E-state index contributed by atoms with van der Waals surface area (Å²) in [6.07, 6.45) is 3.58. The first-order valence-electron chi connectivity index (χ1n) is 11.1. The molecule has 3 amide bonds. The van der Waals surface area contributed by atoms with Gasteiger partial charge in [-0.25, -0.2) is 4.79 Å². The van der Waals surface area contributed by atoms with Crippen molar-refractivity contribution in [3.8, 4) is 0 Å². The van der Waals surface area contributed by atoms with Gasteiger partial charge in [-0.1, -0.05) is 86.7 Å². The van der Waals surface area contributed by atoms with Gasteiger partial charge in [0.15, 0.2) is 0 Å². The summed E-state index contributed by atoms with van der Waals surface area (Å²) in [5, 5.41) is 5.46. The smallest absolute Gasteiger partial charge is 0.408 e. The van der Waals surface area contributed by atoms with E-state index in [9.17, 15) is 14.4 Å². The van der Waals surface area contributed by atoms with Gasteiger partial charge in [-0.2, -0.15) is 0 Å². The van der Waals surface area contributed by atoms with E-state index in [0.717, 1.165) is 11.1 Å². The van der Waals surface area contributed by atoms with Crippen LogP contribution in [-0.4, -0.2) is 41.9 Å². The van der Waals surface area contributed by atoms with Crippen LogP contribution in [0.1, 0.15) is 37.4 Å². The number of hydrogen-bond donors (Lipinski definition) is 2. The van der Waals surface area contributed by atoms with E-state index in [0.29, 0.717) is 6.42 Å². The third-order valence-corrected chi connectivity index (χ3v) is 5.65. The molecule has 3 rings (SSSR count). The lowest BCUT2D eigenvalue weighted by Crippen LogP contribution is -2.55. The second kappa shape index (κ2) is 11.3. The maximum Gasteiger partial charge on any atom is 0.408 e. The van der Waals surface area contributed by atoms with E-state index in [4.69, 9.17) is 4.74 Å². The monoisotopic (exact) mass is 449 g/mol. The quantitative estimate of drug-likeness (QED) is 0.633. The molecule has 33 heavy (non-hydrogen) atoms. The van der Waals surface area contributed by atoms with Crippen molar-refractivity contribution in [1.82, 2.24) is 15.5 Å². The largest absolute Gasteiger partial charge is 0.445 e.